The lowest BCUT2D eigenvalue weighted by Crippen LogP contribution is -2.35. The first kappa shape index (κ1) is 9.85. The molecule has 0 aliphatic carbocycles. The van der Waals surface area contributed by atoms with E-state index in [0.29, 0.717) is 12.2 Å². The van der Waals surface area contributed by atoms with Gasteiger partial charge in [-0.1, -0.05) is 45.8 Å². The number of rotatable bonds is 3. The Labute approximate surface area is 76.3 Å². The molecule has 0 aromatic rings. The van der Waals surface area contributed by atoms with Crippen LogP contribution in [0.2, 0.25) is 11.6 Å². The quantitative estimate of drug-likeness (QED) is 0.462. The van der Waals surface area contributed by atoms with E-state index >= 15 is 0 Å². The molecule has 0 N–H and O–H groups in total. The summed E-state index contributed by atoms with van der Waals surface area (Å²) in [6, 6.07) is 0. The van der Waals surface area contributed by atoms with Crippen molar-refractivity contribution in [2.24, 2.45) is 0 Å². The SMILES string of the molecule is CCB1OCC=CC1(CC)CC. The van der Waals surface area contributed by atoms with Gasteiger partial charge < -0.3 is 4.65 Å². The molecule has 1 aliphatic heterocycles. The Kier molecular flexibility index (Phi) is 3.39. The molecule has 0 amide bonds. The van der Waals surface area contributed by atoms with Gasteiger partial charge in [-0.25, -0.2) is 0 Å². The predicted molar refractivity (Wildman–Crippen MR) is 54.6 cm³/mol. The maximum Gasteiger partial charge on any atom is 0.303 e. The minimum atomic E-state index is 0.326. The summed E-state index contributed by atoms with van der Waals surface area (Å²) in [7, 11) is 0. The molecule has 0 saturated carbocycles. The molecule has 1 nitrogen and oxygen atoms in total. The number of hydrogen-bond donors (Lipinski definition) is 0. The lowest BCUT2D eigenvalue weighted by Gasteiger charge is -2.36. The van der Waals surface area contributed by atoms with Crippen molar-refractivity contribution in [2.45, 2.75) is 45.2 Å². The van der Waals surface area contributed by atoms with Crippen molar-refractivity contribution in [2.75, 3.05) is 6.61 Å². The first-order valence-electron chi connectivity index (χ1n) is 5.08. The molecule has 0 radical (unpaired) electrons. The second-order valence-corrected chi connectivity index (χ2v) is 3.57. The lowest BCUT2D eigenvalue weighted by atomic mass is 9.41. The molecular weight excluding hydrogens is 147 g/mol. The molecular formula is C10H19BO. The summed E-state index contributed by atoms with van der Waals surface area (Å²) in [5.74, 6) is 0. The van der Waals surface area contributed by atoms with Crippen LogP contribution in [0.4, 0.5) is 0 Å². The summed E-state index contributed by atoms with van der Waals surface area (Å²) in [4.78, 5) is 0. The molecule has 0 aromatic carbocycles. The van der Waals surface area contributed by atoms with Crippen LogP contribution in [0, 0.1) is 0 Å². The van der Waals surface area contributed by atoms with E-state index in [4.69, 9.17) is 4.65 Å². The highest BCUT2D eigenvalue weighted by Crippen LogP contribution is 2.43. The third-order valence-corrected chi connectivity index (χ3v) is 3.17. The van der Waals surface area contributed by atoms with Gasteiger partial charge in [0.15, 0.2) is 0 Å². The minimum Gasteiger partial charge on any atom is -0.432 e. The zero-order valence-electron chi connectivity index (χ0n) is 8.47. The van der Waals surface area contributed by atoms with E-state index in [2.05, 4.69) is 32.9 Å². The molecule has 12 heavy (non-hydrogen) atoms. The highest BCUT2D eigenvalue weighted by atomic mass is 16.4. The third kappa shape index (κ3) is 1.58. The Hall–Kier alpha value is -0.235. The molecule has 0 aromatic heterocycles. The summed E-state index contributed by atoms with van der Waals surface area (Å²) in [5, 5.41) is 0.326. The van der Waals surface area contributed by atoms with E-state index < -0.39 is 0 Å². The zero-order valence-corrected chi connectivity index (χ0v) is 8.47. The highest BCUT2D eigenvalue weighted by Gasteiger charge is 2.38. The molecule has 68 valence electrons. The molecule has 0 unspecified atom stereocenters. The summed E-state index contributed by atoms with van der Waals surface area (Å²) in [5.41, 5.74) is 0. The van der Waals surface area contributed by atoms with Crippen molar-refractivity contribution < 1.29 is 4.65 Å². The normalized spacial score (nSPS) is 21.4. The number of allylic oxidation sites excluding steroid dienone is 1. The molecule has 1 heterocycles. The fourth-order valence-electron chi connectivity index (χ4n) is 2.19. The Morgan fingerprint density at radius 2 is 2.00 bits per heavy atom. The van der Waals surface area contributed by atoms with Crippen LogP contribution in [0.1, 0.15) is 33.6 Å². The van der Waals surface area contributed by atoms with E-state index in [9.17, 15) is 0 Å². The Bertz CT molecular complexity index is 161. The zero-order chi connectivity index (χ0) is 9.03. The molecule has 1 rings (SSSR count). The summed E-state index contributed by atoms with van der Waals surface area (Å²) < 4.78 is 5.74. The summed E-state index contributed by atoms with van der Waals surface area (Å²) in [6.07, 6.45) is 8.05. The van der Waals surface area contributed by atoms with Crippen molar-refractivity contribution in [3.8, 4) is 0 Å². The van der Waals surface area contributed by atoms with E-state index in [0.717, 1.165) is 12.9 Å². The fraction of sp³-hybridized carbons (Fsp3) is 0.800. The topological polar surface area (TPSA) is 9.23 Å². The van der Waals surface area contributed by atoms with Crippen LogP contribution >= 0.6 is 0 Å². The van der Waals surface area contributed by atoms with Crippen LogP contribution in [0.15, 0.2) is 12.2 Å². The van der Waals surface area contributed by atoms with Gasteiger partial charge in [0.2, 0.25) is 0 Å². The maximum atomic E-state index is 5.74. The second-order valence-electron chi connectivity index (χ2n) is 3.57. The smallest absolute Gasteiger partial charge is 0.303 e. The van der Waals surface area contributed by atoms with Crippen molar-refractivity contribution in [1.82, 2.24) is 0 Å². The van der Waals surface area contributed by atoms with Gasteiger partial charge in [-0.15, -0.1) is 0 Å². The largest absolute Gasteiger partial charge is 0.432 e. The van der Waals surface area contributed by atoms with E-state index in [-0.39, 0.29) is 0 Å². The van der Waals surface area contributed by atoms with Gasteiger partial charge in [0.1, 0.15) is 0 Å². The average molecular weight is 166 g/mol. The third-order valence-electron chi connectivity index (χ3n) is 3.17. The standard InChI is InChI=1S/C10H19BO/c1-4-10(5-2)8-7-9-12-11(10)6-3/h7-8H,4-6,9H2,1-3H3. The van der Waals surface area contributed by atoms with Crippen molar-refractivity contribution in [3.05, 3.63) is 12.2 Å². The summed E-state index contributed by atoms with van der Waals surface area (Å²) in [6.45, 7) is 7.97. The van der Waals surface area contributed by atoms with Crippen LogP contribution in [-0.4, -0.2) is 13.5 Å². The van der Waals surface area contributed by atoms with Gasteiger partial charge in [0, 0.05) is 6.61 Å². The molecule has 0 fully saturated rings. The van der Waals surface area contributed by atoms with Gasteiger partial charge in [0.25, 0.3) is 0 Å². The Balaban J connectivity index is 2.79. The Morgan fingerprint density at radius 3 is 2.42 bits per heavy atom. The van der Waals surface area contributed by atoms with Gasteiger partial charge >= 0.3 is 6.92 Å². The van der Waals surface area contributed by atoms with Gasteiger partial charge in [-0.2, -0.15) is 0 Å². The van der Waals surface area contributed by atoms with Crippen LogP contribution < -0.4 is 0 Å². The minimum absolute atomic E-state index is 0.326. The molecule has 0 bridgehead atoms. The Morgan fingerprint density at radius 1 is 1.33 bits per heavy atom. The first-order valence-corrected chi connectivity index (χ1v) is 5.08. The fourth-order valence-corrected chi connectivity index (χ4v) is 2.19. The van der Waals surface area contributed by atoms with Gasteiger partial charge in [-0.3, -0.25) is 0 Å². The number of hydrogen-bond acceptors (Lipinski definition) is 1. The van der Waals surface area contributed by atoms with Crippen LogP contribution in [-0.2, 0) is 4.65 Å². The lowest BCUT2D eigenvalue weighted by molar-refractivity contribution is 0.322. The van der Waals surface area contributed by atoms with Crippen molar-refractivity contribution in [3.63, 3.8) is 0 Å². The monoisotopic (exact) mass is 166 g/mol. The first-order chi connectivity index (χ1) is 5.79. The van der Waals surface area contributed by atoms with Gasteiger partial charge in [0.05, 0.1) is 0 Å². The molecule has 0 saturated heterocycles. The maximum absolute atomic E-state index is 5.74. The van der Waals surface area contributed by atoms with Crippen LogP contribution in [0.3, 0.4) is 0 Å². The molecule has 0 atom stereocenters. The van der Waals surface area contributed by atoms with Gasteiger partial charge in [-0.05, 0) is 11.6 Å². The van der Waals surface area contributed by atoms with E-state index in [1.807, 2.05) is 0 Å². The van der Waals surface area contributed by atoms with E-state index in [1.165, 1.54) is 12.8 Å². The molecule has 1 aliphatic rings. The highest BCUT2D eigenvalue weighted by molar-refractivity contribution is 6.56. The molecule has 0 spiro atoms. The average Bonchev–Trinajstić information content (AvgIpc) is 2.17. The van der Waals surface area contributed by atoms with Crippen LogP contribution in [0.25, 0.3) is 0 Å². The second kappa shape index (κ2) is 4.13. The van der Waals surface area contributed by atoms with Crippen molar-refractivity contribution >= 4 is 6.92 Å². The predicted octanol–water partition coefficient (Wildman–Crippen LogP) is 3.14. The molecule has 2 heteroatoms. The van der Waals surface area contributed by atoms with Crippen LogP contribution in [0.5, 0.6) is 0 Å². The van der Waals surface area contributed by atoms with E-state index in [1.54, 1.807) is 0 Å². The summed E-state index contributed by atoms with van der Waals surface area (Å²) >= 11 is 0. The van der Waals surface area contributed by atoms with Crippen molar-refractivity contribution in [1.29, 1.82) is 0 Å².